The van der Waals surface area contributed by atoms with Crippen LogP contribution in [0.2, 0.25) is 0 Å². The first-order valence-corrected chi connectivity index (χ1v) is 7.81. The zero-order valence-electron chi connectivity index (χ0n) is 11.8. The molecule has 1 aromatic rings. The van der Waals surface area contributed by atoms with E-state index in [1.54, 1.807) is 0 Å². The van der Waals surface area contributed by atoms with Crippen molar-refractivity contribution in [2.24, 2.45) is 17.8 Å². The van der Waals surface area contributed by atoms with E-state index >= 15 is 0 Å². The van der Waals surface area contributed by atoms with E-state index in [0.717, 1.165) is 17.8 Å². The predicted molar refractivity (Wildman–Crippen MR) is 80.5 cm³/mol. The molecule has 1 aromatic carbocycles. The average Bonchev–Trinajstić information content (AvgIpc) is 2.37. The van der Waals surface area contributed by atoms with Crippen molar-refractivity contribution in [3.8, 4) is 0 Å². The first kappa shape index (κ1) is 11.6. The molecular weight excluding hydrogens is 232 g/mol. The maximum absolute atomic E-state index is 3.91. The normalized spacial score (nSPS) is 39.3. The molecule has 0 heterocycles. The largest absolute Gasteiger partial charge is 0.388 e. The van der Waals surface area contributed by atoms with Crippen LogP contribution < -0.4 is 10.6 Å². The second-order valence-electron chi connectivity index (χ2n) is 7.15. The summed E-state index contributed by atoms with van der Waals surface area (Å²) in [5.41, 5.74) is 2.92. The predicted octanol–water partition coefficient (Wildman–Crippen LogP) is 4.11. The van der Waals surface area contributed by atoms with Crippen LogP contribution in [-0.4, -0.2) is 12.6 Å². The van der Waals surface area contributed by atoms with Crippen LogP contribution in [0.5, 0.6) is 0 Å². The highest BCUT2D eigenvalue weighted by Crippen LogP contribution is 2.56. The van der Waals surface area contributed by atoms with E-state index in [0.29, 0.717) is 5.54 Å². The summed E-state index contributed by atoms with van der Waals surface area (Å²) in [5, 5.41) is 7.10. The second-order valence-corrected chi connectivity index (χ2v) is 7.15. The summed E-state index contributed by atoms with van der Waals surface area (Å²) in [7, 11) is 1.97. The molecule has 102 valence electrons. The minimum atomic E-state index is 0.426. The van der Waals surface area contributed by atoms with Gasteiger partial charge in [0.05, 0.1) is 0 Å². The van der Waals surface area contributed by atoms with Crippen molar-refractivity contribution in [2.75, 3.05) is 17.7 Å². The fourth-order valence-corrected chi connectivity index (χ4v) is 5.29. The molecule has 0 atom stereocenters. The SMILES string of the molecule is CNc1ccc(NC23CC4CC(CC(C4)C2)C3)cc1. The van der Waals surface area contributed by atoms with Crippen LogP contribution in [0, 0.1) is 17.8 Å². The molecule has 0 aromatic heterocycles. The highest BCUT2D eigenvalue weighted by Gasteiger charge is 2.50. The molecule has 4 fully saturated rings. The Labute approximate surface area is 116 Å². The average molecular weight is 256 g/mol. The number of hydrogen-bond donors (Lipinski definition) is 2. The molecule has 2 nitrogen and oxygen atoms in total. The summed E-state index contributed by atoms with van der Waals surface area (Å²) >= 11 is 0. The van der Waals surface area contributed by atoms with Gasteiger partial charge in [-0.25, -0.2) is 0 Å². The monoisotopic (exact) mass is 256 g/mol. The van der Waals surface area contributed by atoms with Gasteiger partial charge in [0.2, 0.25) is 0 Å². The Hall–Kier alpha value is -1.18. The van der Waals surface area contributed by atoms with Crippen LogP contribution in [0.25, 0.3) is 0 Å². The van der Waals surface area contributed by atoms with Crippen molar-refractivity contribution in [3.63, 3.8) is 0 Å². The topological polar surface area (TPSA) is 24.1 Å². The third kappa shape index (κ3) is 2.01. The number of anilines is 2. The summed E-state index contributed by atoms with van der Waals surface area (Å²) in [6, 6.07) is 8.79. The molecule has 0 aliphatic heterocycles. The van der Waals surface area contributed by atoms with Gasteiger partial charge < -0.3 is 10.6 Å². The van der Waals surface area contributed by atoms with Gasteiger partial charge in [0.15, 0.2) is 0 Å². The molecule has 0 amide bonds. The van der Waals surface area contributed by atoms with Gasteiger partial charge in [0.1, 0.15) is 0 Å². The highest BCUT2D eigenvalue weighted by molar-refractivity contribution is 5.54. The summed E-state index contributed by atoms with van der Waals surface area (Å²) in [6.45, 7) is 0. The Bertz CT molecular complexity index is 427. The molecule has 2 N–H and O–H groups in total. The Morgan fingerprint density at radius 2 is 1.32 bits per heavy atom. The van der Waals surface area contributed by atoms with E-state index < -0.39 is 0 Å². The van der Waals surface area contributed by atoms with Gasteiger partial charge in [-0.15, -0.1) is 0 Å². The Balaban J connectivity index is 1.55. The molecule has 2 heteroatoms. The van der Waals surface area contributed by atoms with Crippen LogP contribution in [0.1, 0.15) is 38.5 Å². The minimum absolute atomic E-state index is 0.426. The van der Waals surface area contributed by atoms with Gasteiger partial charge in [-0.2, -0.15) is 0 Å². The molecule has 4 bridgehead atoms. The molecule has 0 saturated heterocycles. The van der Waals surface area contributed by atoms with Crippen LogP contribution in [-0.2, 0) is 0 Å². The lowest BCUT2D eigenvalue weighted by Crippen LogP contribution is -2.54. The molecule has 4 aliphatic carbocycles. The minimum Gasteiger partial charge on any atom is -0.388 e. The van der Waals surface area contributed by atoms with Crippen LogP contribution >= 0.6 is 0 Å². The number of hydrogen-bond acceptors (Lipinski definition) is 2. The highest BCUT2D eigenvalue weighted by atomic mass is 15.0. The summed E-state index contributed by atoms with van der Waals surface area (Å²) in [4.78, 5) is 0. The van der Waals surface area contributed by atoms with Gasteiger partial charge in [-0.1, -0.05) is 0 Å². The van der Waals surface area contributed by atoms with E-state index in [1.807, 2.05) is 7.05 Å². The first-order chi connectivity index (χ1) is 9.25. The van der Waals surface area contributed by atoms with Crippen molar-refractivity contribution >= 4 is 11.4 Å². The van der Waals surface area contributed by atoms with Crippen LogP contribution in [0.15, 0.2) is 24.3 Å². The molecule has 0 unspecified atom stereocenters. The van der Waals surface area contributed by atoms with Crippen molar-refractivity contribution in [1.82, 2.24) is 0 Å². The zero-order valence-corrected chi connectivity index (χ0v) is 11.8. The lowest BCUT2D eigenvalue weighted by atomic mass is 9.53. The number of rotatable bonds is 3. The fourth-order valence-electron chi connectivity index (χ4n) is 5.29. The summed E-state index contributed by atoms with van der Waals surface area (Å²) < 4.78 is 0. The van der Waals surface area contributed by atoms with E-state index in [1.165, 1.54) is 49.9 Å². The molecule has 4 aliphatic rings. The lowest BCUT2D eigenvalue weighted by Gasteiger charge is -2.57. The molecule has 19 heavy (non-hydrogen) atoms. The first-order valence-electron chi connectivity index (χ1n) is 7.81. The standard InChI is InChI=1S/C17H24N2/c1-18-15-2-4-16(5-3-15)19-17-9-12-6-13(10-17)8-14(7-12)11-17/h2-5,12-14,18-19H,6-11H2,1H3. The van der Waals surface area contributed by atoms with Gasteiger partial charge in [0.25, 0.3) is 0 Å². The molecular formula is C17H24N2. The Morgan fingerprint density at radius 3 is 1.79 bits per heavy atom. The van der Waals surface area contributed by atoms with Crippen molar-refractivity contribution < 1.29 is 0 Å². The van der Waals surface area contributed by atoms with Gasteiger partial charge in [-0.05, 0) is 80.5 Å². The molecule has 0 spiro atoms. The maximum Gasteiger partial charge on any atom is 0.0381 e. The third-order valence-electron chi connectivity index (χ3n) is 5.62. The smallest absolute Gasteiger partial charge is 0.0381 e. The van der Waals surface area contributed by atoms with Crippen LogP contribution in [0.3, 0.4) is 0 Å². The fraction of sp³-hybridized carbons (Fsp3) is 0.647. The van der Waals surface area contributed by atoms with E-state index in [-0.39, 0.29) is 0 Å². The van der Waals surface area contributed by atoms with Crippen molar-refractivity contribution in [2.45, 2.75) is 44.1 Å². The van der Waals surface area contributed by atoms with Gasteiger partial charge in [0, 0.05) is 24.0 Å². The zero-order chi connectivity index (χ0) is 12.9. The van der Waals surface area contributed by atoms with E-state index in [4.69, 9.17) is 0 Å². The van der Waals surface area contributed by atoms with Crippen molar-refractivity contribution in [3.05, 3.63) is 24.3 Å². The maximum atomic E-state index is 3.91. The van der Waals surface area contributed by atoms with E-state index in [2.05, 4.69) is 34.9 Å². The van der Waals surface area contributed by atoms with Crippen molar-refractivity contribution in [1.29, 1.82) is 0 Å². The molecule has 5 rings (SSSR count). The third-order valence-corrected chi connectivity index (χ3v) is 5.62. The molecule has 4 saturated carbocycles. The number of benzene rings is 1. The summed E-state index contributed by atoms with van der Waals surface area (Å²) in [5.74, 6) is 3.03. The van der Waals surface area contributed by atoms with E-state index in [9.17, 15) is 0 Å². The Morgan fingerprint density at radius 1 is 0.842 bits per heavy atom. The van der Waals surface area contributed by atoms with Gasteiger partial charge in [-0.3, -0.25) is 0 Å². The Kier molecular flexibility index (Phi) is 2.54. The second kappa shape index (κ2) is 4.16. The number of nitrogens with one attached hydrogen (secondary N) is 2. The quantitative estimate of drug-likeness (QED) is 0.850. The van der Waals surface area contributed by atoms with Gasteiger partial charge >= 0.3 is 0 Å². The molecule has 0 radical (unpaired) electrons. The summed E-state index contributed by atoms with van der Waals surface area (Å²) in [6.07, 6.45) is 8.77. The lowest BCUT2D eigenvalue weighted by molar-refractivity contribution is 0.0107. The van der Waals surface area contributed by atoms with Crippen LogP contribution in [0.4, 0.5) is 11.4 Å².